The zero-order valence-electron chi connectivity index (χ0n) is 14.6. The Balaban J connectivity index is 1.63. The summed E-state index contributed by atoms with van der Waals surface area (Å²) in [5.41, 5.74) is -0.931. The first-order chi connectivity index (χ1) is 12.1. The molecule has 1 aromatic rings. The third-order valence-corrected chi connectivity index (χ3v) is 6.45. The van der Waals surface area contributed by atoms with Gasteiger partial charge in [0.2, 0.25) is 10.0 Å². The van der Waals surface area contributed by atoms with Gasteiger partial charge in [-0.15, -0.1) is 0 Å². The van der Waals surface area contributed by atoms with E-state index in [4.69, 9.17) is 0 Å². The Kier molecular flexibility index (Phi) is 4.76. The number of urea groups is 1. The second kappa shape index (κ2) is 6.60. The summed E-state index contributed by atoms with van der Waals surface area (Å²) in [7, 11) is -3.77. The maximum atomic E-state index is 13.3. The lowest BCUT2D eigenvalue weighted by molar-refractivity contribution is -0.131. The monoisotopic (exact) mass is 384 g/mol. The van der Waals surface area contributed by atoms with E-state index >= 15 is 0 Å². The largest absolute Gasteiger partial charge is 0.326 e. The fraction of sp³-hybridized carbons (Fsp3) is 0.500. The number of hydrogen-bond donors (Lipinski definition) is 1. The molecule has 1 aromatic carbocycles. The number of carbonyl (C=O) groups excluding carboxylic acids is 2. The number of piperazine rings is 1. The van der Waals surface area contributed by atoms with Gasteiger partial charge >= 0.3 is 6.03 Å². The van der Waals surface area contributed by atoms with E-state index in [1.807, 2.05) is 4.90 Å². The van der Waals surface area contributed by atoms with Gasteiger partial charge in [0, 0.05) is 26.2 Å². The first-order valence-electron chi connectivity index (χ1n) is 8.23. The van der Waals surface area contributed by atoms with Gasteiger partial charge in [0.25, 0.3) is 5.91 Å². The van der Waals surface area contributed by atoms with Crippen molar-refractivity contribution < 1.29 is 22.4 Å². The topological polar surface area (TPSA) is 90.0 Å². The van der Waals surface area contributed by atoms with Crippen LogP contribution in [0.4, 0.5) is 9.18 Å². The molecule has 2 aliphatic heterocycles. The Hall–Kier alpha value is -2.04. The molecule has 0 bridgehead atoms. The van der Waals surface area contributed by atoms with Gasteiger partial charge < -0.3 is 5.32 Å². The summed E-state index contributed by atoms with van der Waals surface area (Å²) in [5, 5.41) is 2.61. The molecule has 26 heavy (non-hydrogen) atoms. The molecule has 2 aliphatic rings. The molecule has 0 spiro atoms. The molecule has 2 saturated heterocycles. The number of amides is 3. The van der Waals surface area contributed by atoms with Gasteiger partial charge in [0.05, 0.1) is 11.6 Å². The van der Waals surface area contributed by atoms with Crippen LogP contribution in [0.2, 0.25) is 0 Å². The lowest BCUT2D eigenvalue weighted by atomic mass is 10.1. The highest BCUT2D eigenvalue weighted by Crippen LogP contribution is 2.20. The number of nitrogens with one attached hydrogen (secondary N) is 1. The van der Waals surface area contributed by atoms with E-state index < -0.39 is 27.4 Å². The van der Waals surface area contributed by atoms with Gasteiger partial charge in [-0.3, -0.25) is 9.69 Å². The van der Waals surface area contributed by atoms with Gasteiger partial charge in [-0.05, 0) is 32.0 Å². The summed E-state index contributed by atoms with van der Waals surface area (Å²) in [6, 6.07) is 4.46. The lowest BCUT2D eigenvalue weighted by Crippen LogP contribution is -2.52. The van der Waals surface area contributed by atoms with Gasteiger partial charge in [-0.1, -0.05) is 6.07 Å². The minimum atomic E-state index is -3.77. The third-order valence-electron chi connectivity index (χ3n) is 4.55. The standard InChI is InChI=1S/C16H21FN4O4S/c1-16(2)14(22)21(15(23)18-16)11-19-6-8-20(9-7-19)26(24,25)13-5-3-4-12(17)10-13/h3-5,10H,6-9,11H2,1-2H3,(H,18,23). The van der Waals surface area contributed by atoms with E-state index in [9.17, 15) is 22.4 Å². The van der Waals surface area contributed by atoms with Gasteiger partial charge in [-0.2, -0.15) is 4.31 Å². The SMILES string of the molecule is CC1(C)NC(=O)N(CN2CCN(S(=O)(=O)c3cccc(F)c3)CC2)C1=O. The highest BCUT2D eigenvalue weighted by molar-refractivity contribution is 7.89. The zero-order valence-corrected chi connectivity index (χ0v) is 15.4. The second-order valence-corrected chi connectivity index (χ2v) is 8.85. The van der Waals surface area contributed by atoms with Crippen LogP contribution in [-0.2, 0) is 14.8 Å². The Labute approximate surface area is 151 Å². The summed E-state index contributed by atoms with van der Waals surface area (Å²) in [4.78, 5) is 27.1. The van der Waals surface area contributed by atoms with E-state index in [0.717, 1.165) is 11.0 Å². The molecule has 0 aliphatic carbocycles. The van der Waals surface area contributed by atoms with Crippen molar-refractivity contribution in [3.63, 3.8) is 0 Å². The predicted molar refractivity (Wildman–Crippen MR) is 91.1 cm³/mol. The molecule has 142 valence electrons. The molecule has 0 aromatic heterocycles. The molecule has 0 unspecified atom stereocenters. The number of carbonyl (C=O) groups is 2. The molecule has 3 rings (SSSR count). The number of benzene rings is 1. The van der Waals surface area contributed by atoms with Crippen LogP contribution in [-0.4, -0.2) is 72.8 Å². The summed E-state index contributed by atoms with van der Waals surface area (Å²) in [6.45, 7) is 4.52. The first-order valence-corrected chi connectivity index (χ1v) is 9.67. The average Bonchev–Trinajstić information content (AvgIpc) is 2.77. The molecule has 0 atom stereocenters. The fourth-order valence-corrected chi connectivity index (χ4v) is 4.49. The van der Waals surface area contributed by atoms with E-state index in [2.05, 4.69) is 5.32 Å². The first kappa shape index (κ1) is 18.7. The maximum Gasteiger partial charge on any atom is 0.326 e. The quantitative estimate of drug-likeness (QED) is 0.760. The molecular formula is C16H21FN4O4S. The van der Waals surface area contributed by atoms with E-state index in [1.54, 1.807) is 13.8 Å². The third kappa shape index (κ3) is 3.44. The number of hydrogen-bond acceptors (Lipinski definition) is 5. The van der Waals surface area contributed by atoms with Crippen molar-refractivity contribution in [3.05, 3.63) is 30.1 Å². The van der Waals surface area contributed by atoms with Crippen LogP contribution in [0.15, 0.2) is 29.2 Å². The normalized spacial score (nSPS) is 21.9. The number of sulfonamides is 1. The Morgan fingerprint density at radius 2 is 1.81 bits per heavy atom. The van der Waals surface area contributed by atoms with Crippen LogP contribution in [0.5, 0.6) is 0 Å². The molecule has 8 nitrogen and oxygen atoms in total. The van der Waals surface area contributed by atoms with Gasteiger partial charge in [0.1, 0.15) is 11.4 Å². The Bertz CT molecular complexity index is 834. The van der Waals surface area contributed by atoms with Crippen molar-refractivity contribution in [1.29, 1.82) is 0 Å². The molecule has 1 N–H and O–H groups in total. The molecule has 0 saturated carbocycles. The van der Waals surface area contributed by atoms with Crippen molar-refractivity contribution in [2.75, 3.05) is 32.8 Å². The Morgan fingerprint density at radius 1 is 1.15 bits per heavy atom. The van der Waals surface area contributed by atoms with Gasteiger partial charge in [0.15, 0.2) is 0 Å². The molecule has 0 radical (unpaired) electrons. The zero-order chi connectivity index (χ0) is 19.1. The summed E-state index contributed by atoms with van der Waals surface area (Å²) < 4.78 is 39.8. The van der Waals surface area contributed by atoms with E-state index in [1.165, 1.54) is 22.5 Å². The molecule has 2 heterocycles. The molecule has 2 fully saturated rings. The van der Waals surface area contributed by atoms with Crippen LogP contribution in [0.3, 0.4) is 0 Å². The average molecular weight is 384 g/mol. The van der Waals surface area contributed by atoms with Crippen LogP contribution >= 0.6 is 0 Å². The highest BCUT2D eigenvalue weighted by Gasteiger charge is 2.45. The van der Waals surface area contributed by atoms with E-state index in [-0.39, 0.29) is 30.6 Å². The van der Waals surface area contributed by atoms with Crippen molar-refractivity contribution in [2.24, 2.45) is 0 Å². The number of imide groups is 1. The smallest absolute Gasteiger partial charge is 0.324 e. The van der Waals surface area contributed by atoms with Crippen molar-refractivity contribution in [3.8, 4) is 0 Å². The summed E-state index contributed by atoms with van der Waals surface area (Å²) >= 11 is 0. The highest BCUT2D eigenvalue weighted by atomic mass is 32.2. The predicted octanol–water partition coefficient (Wildman–Crippen LogP) is 0.420. The Morgan fingerprint density at radius 3 is 2.35 bits per heavy atom. The minimum Gasteiger partial charge on any atom is -0.324 e. The van der Waals surface area contributed by atoms with E-state index in [0.29, 0.717) is 13.1 Å². The van der Waals surface area contributed by atoms with Crippen LogP contribution in [0.1, 0.15) is 13.8 Å². The van der Waals surface area contributed by atoms with Gasteiger partial charge in [-0.25, -0.2) is 22.5 Å². The van der Waals surface area contributed by atoms with Crippen molar-refractivity contribution >= 4 is 22.0 Å². The van der Waals surface area contributed by atoms with Crippen LogP contribution in [0, 0.1) is 5.82 Å². The lowest BCUT2D eigenvalue weighted by Gasteiger charge is -2.35. The molecule has 3 amide bonds. The molecule has 10 heteroatoms. The summed E-state index contributed by atoms with van der Waals surface area (Å²) in [5.74, 6) is -0.914. The maximum absolute atomic E-state index is 13.3. The van der Waals surface area contributed by atoms with Crippen LogP contribution in [0.25, 0.3) is 0 Å². The minimum absolute atomic E-state index is 0.0817. The number of rotatable bonds is 4. The summed E-state index contributed by atoms with van der Waals surface area (Å²) in [6.07, 6.45) is 0. The fourth-order valence-electron chi connectivity index (χ4n) is 3.03. The molecular weight excluding hydrogens is 363 g/mol. The van der Waals surface area contributed by atoms with Crippen molar-refractivity contribution in [1.82, 2.24) is 19.4 Å². The number of halogens is 1. The second-order valence-electron chi connectivity index (χ2n) is 6.91. The van der Waals surface area contributed by atoms with Crippen molar-refractivity contribution in [2.45, 2.75) is 24.3 Å². The number of nitrogens with zero attached hydrogens (tertiary/aromatic N) is 3. The van der Waals surface area contributed by atoms with Crippen LogP contribution < -0.4 is 5.32 Å².